The van der Waals surface area contributed by atoms with Crippen LogP contribution in [0, 0.1) is 29.6 Å². The van der Waals surface area contributed by atoms with E-state index in [0.29, 0.717) is 5.89 Å². The molecule has 0 bridgehead atoms. The molecule has 0 saturated heterocycles. The number of allylic oxidation sites excluding steroid dienone is 1. The molecule has 0 atom stereocenters. The minimum absolute atomic E-state index is 0.0127. The number of oxazole rings is 1. The van der Waals surface area contributed by atoms with Gasteiger partial charge in [-0.1, -0.05) is 19.1 Å². The Labute approximate surface area is 145 Å². The van der Waals surface area contributed by atoms with Crippen LogP contribution in [0.3, 0.4) is 0 Å². The molecule has 0 radical (unpaired) electrons. The van der Waals surface area contributed by atoms with Crippen LogP contribution >= 0.6 is 0 Å². The molecule has 25 heavy (non-hydrogen) atoms. The highest BCUT2D eigenvalue weighted by Crippen LogP contribution is 2.28. The average Bonchev–Trinajstić information content (AvgIpc) is 3.06. The normalized spacial score (nSPS) is 10.1. The second-order valence-electron chi connectivity index (χ2n) is 5.63. The van der Waals surface area contributed by atoms with Gasteiger partial charge in [-0.3, -0.25) is 0 Å². The van der Waals surface area contributed by atoms with E-state index in [9.17, 15) is 0 Å². The molecule has 3 aromatic rings. The Morgan fingerprint density at radius 2 is 2.00 bits per heavy atom. The summed E-state index contributed by atoms with van der Waals surface area (Å²) >= 11 is 0. The number of aryl methyl sites for hydroxylation is 2. The molecule has 0 saturated carbocycles. The predicted molar refractivity (Wildman–Crippen MR) is 96.5 cm³/mol. The minimum atomic E-state index is 0.0127. The van der Waals surface area contributed by atoms with E-state index in [1.54, 1.807) is 0 Å². The Hall–Kier alpha value is -3.57. The van der Waals surface area contributed by atoms with Gasteiger partial charge in [-0.2, -0.15) is 10.5 Å². The summed E-state index contributed by atoms with van der Waals surface area (Å²) in [5.41, 5.74) is 5.41. The summed E-state index contributed by atoms with van der Waals surface area (Å²) in [5.74, 6) is 0.538. The van der Waals surface area contributed by atoms with Crippen LogP contribution in [0.4, 0.5) is 5.69 Å². The number of rotatable bonds is 4. The number of nitrogens with zero attached hydrogens (tertiary/aromatic N) is 3. The highest BCUT2D eigenvalue weighted by molar-refractivity contribution is 5.78. The topological polar surface area (TPSA) is 85.6 Å². The van der Waals surface area contributed by atoms with Gasteiger partial charge in [-0.15, -0.1) is 0 Å². The molecule has 0 unspecified atom stereocenters. The van der Waals surface area contributed by atoms with Gasteiger partial charge in [0.25, 0.3) is 0 Å². The number of benzene rings is 2. The predicted octanol–water partition coefficient (Wildman–Crippen LogP) is 4.71. The van der Waals surface area contributed by atoms with Crippen molar-refractivity contribution in [2.45, 2.75) is 20.3 Å². The minimum Gasteiger partial charge on any atom is -0.436 e. The Bertz CT molecular complexity index is 1030. The molecule has 3 rings (SSSR count). The fraction of sp³-hybridized carbons (Fsp3) is 0.150. The van der Waals surface area contributed by atoms with Crippen LogP contribution in [-0.2, 0) is 6.42 Å². The van der Waals surface area contributed by atoms with Crippen molar-refractivity contribution in [3.05, 3.63) is 59.3 Å². The molecular weight excluding hydrogens is 312 g/mol. The molecule has 0 aliphatic rings. The standard InChI is InChI=1S/C20H16N4O/c1-3-14-5-7-19-18(8-14)24-20(25-19)16-6-4-13(2)17(9-16)23-12-15(10-21)11-22/h4-9,12,23H,3H2,1-2H3. The zero-order valence-corrected chi connectivity index (χ0v) is 14.0. The lowest BCUT2D eigenvalue weighted by molar-refractivity contribution is 0.620. The van der Waals surface area contributed by atoms with Gasteiger partial charge in [-0.05, 0) is 48.7 Å². The summed E-state index contributed by atoms with van der Waals surface area (Å²) in [5, 5.41) is 20.6. The van der Waals surface area contributed by atoms with Gasteiger partial charge in [0.05, 0.1) is 0 Å². The largest absolute Gasteiger partial charge is 0.436 e. The number of nitrogens with one attached hydrogen (secondary N) is 1. The van der Waals surface area contributed by atoms with Gasteiger partial charge in [-0.25, -0.2) is 4.98 Å². The molecule has 0 aliphatic heterocycles. The highest BCUT2D eigenvalue weighted by Gasteiger charge is 2.10. The SMILES string of the molecule is CCc1ccc2oc(-c3ccc(C)c(NC=C(C#N)C#N)c3)nc2c1. The number of aromatic nitrogens is 1. The zero-order chi connectivity index (χ0) is 17.8. The number of nitriles is 2. The van der Waals surface area contributed by atoms with Crippen molar-refractivity contribution < 1.29 is 4.42 Å². The van der Waals surface area contributed by atoms with Crippen LogP contribution in [0.1, 0.15) is 18.1 Å². The van der Waals surface area contributed by atoms with Crippen LogP contribution in [-0.4, -0.2) is 4.98 Å². The van der Waals surface area contributed by atoms with E-state index in [1.807, 2.05) is 55.5 Å². The van der Waals surface area contributed by atoms with Crippen molar-refractivity contribution in [2.24, 2.45) is 0 Å². The molecule has 1 heterocycles. The van der Waals surface area contributed by atoms with Gasteiger partial charge in [0.2, 0.25) is 5.89 Å². The second-order valence-corrected chi connectivity index (χ2v) is 5.63. The Morgan fingerprint density at radius 1 is 1.20 bits per heavy atom. The second kappa shape index (κ2) is 6.90. The third-order valence-corrected chi connectivity index (χ3v) is 3.96. The molecule has 5 heteroatoms. The summed E-state index contributed by atoms with van der Waals surface area (Å²) in [6.07, 6.45) is 2.34. The quantitative estimate of drug-likeness (QED) is 0.701. The van der Waals surface area contributed by atoms with Crippen molar-refractivity contribution in [3.63, 3.8) is 0 Å². The van der Waals surface area contributed by atoms with Gasteiger partial charge in [0.15, 0.2) is 5.58 Å². The van der Waals surface area contributed by atoms with Gasteiger partial charge >= 0.3 is 0 Å². The molecule has 1 N–H and O–H groups in total. The molecule has 2 aromatic carbocycles. The van der Waals surface area contributed by atoms with Gasteiger partial charge in [0, 0.05) is 17.5 Å². The lowest BCUT2D eigenvalue weighted by atomic mass is 10.1. The summed E-state index contributed by atoms with van der Waals surface area (Å²) in [6.45, 7) is 4.04. The lowest BCUT2D eigenvalue weighted by Gasteiger charge is -2.07. The number of hydrogen-bond donors (Lipinski definition) is 1. The third-order valence-electron chi connectivity index (χ3n) is 3.96. The maximum atomic E-state index is 8.82. The number of fused-ring (bicyclic) bond motifs is 1. The first-order valence-corrected chi connectivity index (χ1v) is 7.92. The number of anilines is 1. The van der Waals surface area contributed by atoms with Gasteiger partial charge in [0.1, 0.15) is 23.2 Å². The highest BCUT2D eigenvalue weighted by atomic mass is 16.3. The molecule has 0 fully saturated rings. The van der Waals surface area contributed by atoms with Crippen molar-refractivity contribution in [2.75, 3.05) is 5.32 Å². The van der Waals surface area contributed by atoms with Crippen LogP contribution < -0.4 is 5.32 Å². The summed E-state index contributed by atoms with van der Waals surface area (Å²) in [6, 6.07) is 15.4. The van der Waals surface area contributed by atoms with E-state index >= 15 is 0 Å². The first kappa shape index (κ1) is 16.3. The fourth-order valence-corrected chi connectivity index (χ4v) is 2.47. The molecule has 122 valence electrons. The first-order chi connectivity index (χ1) is 12.1. The van der Waals surface area contributed by atoms with E-state index < -0.39 is 0 Å². The molecule has 5 nitrogen and oxygen atoms in total. The molecule has 1 aromatic heterocycles. The smallest absolute Gasteiger partial charge is 0.227 e. The maximum Gasteiger partial charge on any atom is 0.227 e. The maximum absolute atomic E-state index is 8.82. The van der Waals surface area contributed by atoms with Crippen molar-refractivity contribution in [1.82, 2.24) is 4.98 Å². The van der Waals surface area contributed by atoms with Crippen LogP contribution in [0.2, 0.25) is 0 Å². The number of hydrogen-bond acceptors (Lipinski definition) is 5. The Morgan fingerprint density at radius 3 is 2.72 bits per heavy atom. The van der Waals surface area contributed by atoms with Crippen LogP contribution in [0.15, 0.2) is 52.6 Å². The summed E-state index contributed by atoms with van der Waals surface area (Å²) in [7, 11) is 0. The van der Waals surface area contributed by atoms with Crippen molar-refractivity contribution in [1.29, 1.82) is 10.5 Å². The van der Waals surface area contributed by atoms with E-state index in [-0.39, 0.29) is 5.57 Å². The van der Waals surface area contributed by atoms with Crippen molar-refractivity contribution >= 4 is 16.8 Å². The van der Waals surface area contributed by atoms with E-state index in [4.69, 9.17) is 14.9 Å². The van der Waals surface area contributed by atoms with E-state index in [0.717, 1.165) is 34.3 Å². The van der Waals surface area contributed by atoms with Crippen LogP contribution in [0.5, 0.6) is 0 Å². The first-order valence-electron chi connectivity index (χ1n) is 7.92. The van der Waals surface area contributed by atoms with Gasteiger partial charge < -0.3 is 9.73 Å². The Kier molecular flexibility index (Phi) is 4.50. The molecule has 0 amide bonds. The van der Waals surface area contributed by atoms with E-state index in [1.165, 1.54) is 11.8 Å². The molecule has 0 aliphatic carbocycles. The fourth-order valence-electron chi connectivity index (χ4n) is 2.47. The monoisotopic (exact) mass is 328 g/mol. The summed E-state index contributed by atoms with van der Waals surface area (Å²) in [4.78, 5) is 4.58. The third kappa shape index (κ3) is 3.36. The Balaban J connectivity index is 1.98. The van der Waals surface area contributed by atoms with Crippen molar-refractivity contribution in [3.8, 4) is 23.6 Å². The van der Waals surface area contributed by atoms with E-state index in [2.05, 4.69) is 17.2 Å². The summed E-state index contributed by atoms with van der Waals surface area (Å²) < 4.78 is 5.86. The molecule has 0 spiro atoms. The molecular formula is C20H16N4O. The van der Waals surface area contributed by atoms with Crippen LogP contribution in [0.25, 0.3) is 22.6 Å². The average molecular weight is 328 g/mol. The zero-order valence-electron chi connectivity index (χ0n) is 14.0. The lowest BCUT2D eigenvalue weighted by Crippen LogP contribution is -1.93.